The van der Waals surface area contributed by atoms with Gasteiger partial charge in [0.15, 0.2) is 0 Å². The Balaban J connectivity index is 1.58. The molecule has 0 spiro atoms. The largest absolute Gasteiger partial charge is 0.367 e. The molecule has 3 nitrogen and oxygen atoms in total. The Bertz CT molecular complexity index is 410. The minimum Gasteiger partial charge on any atom is -0.367 e. The molecule has 3 rings (SSSR count). The van der Waals surface area contributed by atoms with Crippen LogP contribution in [0, 0.1) is 5.82 Å². The van der Waals surface area contributed by atoms with E-state index in [9.17, 15) is 4.39 Å². The molecule has 1 N–H and O–H groups in total. The van der Waals surface area contributed by atoms with Gasteiger partial charge in [-0.2, -0.15) is 0 Å². The summed E-state index contributed by atoms with van der Waals surface area (Å²) >= 11 is 0. The Morgan fingerprint density at radius 1 is 1.11 bits per heavy atom. The van der Waals surface area contributed by atoms with Gasteiger partial charge in [0.2, 0.25) is 0 Å². The summed E-state index contributed by atoms with van der Waals surface area (Å²) in [6, 6.07) is 7.77. The molecule has 0 saturated carbocycles. The maximum Gasteiger partial charge on any atom is 0.146 e. The monoisotopic (exact) mass is 263 g/mol. The van der Waals surface area contributed by atoms with E-state index < -0.39 is 0 Å². The molecular formula is C15H22FN3. The van der Waals surface area contributed by atoms with Crippen molar-refractivity contribution < 1.29 is 4.39 Å². The van der Waals surface area contributed by atoms with Gasteiger partial charge >= 0.3 is 0 Å². The highest BCUT2D eigenvalue weighted by molar-refractivity contribution is 5.48. The number of rotatable bonds is 2. The quantitative estimate of drug-likeness (QED) is 0.876. The molecule has 2 aliphatic rings. The van der Waals surface area contributed by atoms with Crippen LogP contribution >= 0.6 is 0 Å². The number of piperidine rings is 1. The number of piperazine rings is 1. The van der Waals surface area contributed by atoms with Crippen LogP contribution in [0.1, 0.15) is 12.8 Å². The molecule has 0 amide bonds. The number of halogens is 1. The SMILES string of the molecule is Fc1ccccc1N1CCN([C@H]2CCCNC2)CC1. The van der Waals surface area contributed by atoms with Crippen molar-refractivity contribution in [3.63, 3.8) is 0 Å². The number of hydrogen-bond donors (Lipinski definition) is 1. The van der Waals surface area contributed by atoms with Gasteiger partial charge in [0.1, 0.15) is 5.82 Å². The molecule has 0 bridgehead atoms. The number of hydrogen-bond acceptors (Lipinski definition) is 3. The van der Waals surface area contributed by atoms with Crippen molar-refractivity contribution in [3.8, 4) is 0 Å². The fraction of sp³-hybridized carbons (Fsp3) is 0.600. The molecule has 1 aromatic carbocycles. The first-order valence-corrected chi connectivity index (χ1v) is 7.29. The van der Waals surface area contributed by atoms with Crippen LogP contribution in [0.15, 0.2) is 24.3 Å². The van der Waals surface area contributed by atoms with E-state index in [1.807, 2.05) is 12.1 Å². The van der Waals surface area contributed by atoms with Crippen molar-refractivity contribution in [1.82, 2.24) is 10.2 Å². The van der Waals surface area contributed by atoms with E-state index in [0.717, 1.165) is 45.0 Å². The zero-order valence-electron chi connectivity index (χ0n) is 11.3. The number of para-hydroxylation sites is 1. The molecule has 2 saturated heterocycles. The highest BCUT2D eigenvalue weighted by Gasteiger charge is 2.25. The molecule has 0 aliphatic carbocycles. The summed E-state index contributed by atoms with van der Waals surface area (Å²) in [4.78, 5) is 4.73. The number of nitrogens with zero attached hydrogens (tertiary/aromatic N) is 2. The fourth-order valence-corrected chi connectivity index (χ4v) is 3.18. The Labute approximate surface area is 114 Å². The minimum absolute atomic E-state index is 0.102. The lowest BCUT2D eigenvalue weighted by Crippen LogP contribution is -2.54. The van der Waals surface area contributed by atoms with Crippen molar-refractivity contribution in [2.24, 2.45) is 0 Å². The van der Waals surface area contributed by atoms with Gasteiger partial charge in [-0.25, -0.2) is 4.39 Å². The number of nitrogens with one attached hydrogen (secondary N) is 1. The summed E-state index contributed by atoms with van der Waals surface area (Å²) in [6.07, 6.45) is 2.57. The van der Waals surface area contributed by atoms with Crippen LogP contribution in [-0.2, 0) is 0 Å². The second kappa shape index (κ2) is 5.88. The lowest BCUT2D eigenvalue weighted by molar-refractivity contribution is 0.157. The standard InChI is InChI=1S/C15H22FN3/c16-14-5-1-2-6-15(14)19-10-8-18(9-11-19)13-4-3-7-17-12-13/h1-2,5-6,13,17H,3-4,7-12H2/t13-/m0/s1. The Morgan fingerprint density at radius 2 is 1.89 bits per heavy atom. The Morgan fingerprint density at radius 3 is 2.58 bits per heavy atom. The second-order valence-electron chi connectivity index (χ2n) is 5.47. The molecule has 0 unspecified atom stereocenters. The van der Waals surface area contributed by atoms with Gasteiger partial charge in [0.25, 0.3) is 0 Å². The third-order valence-corrected chi connectivity index (χ3v) is 4.29. The highest BCUT2D eigenvalue weighted by Crippen LogP contribution is 2.21. The summed E-state index contributed by atoms with van der Waals surface area (Å²) in [5, 5.41) is 3.47. The molecule has 2 heterocycles. The van der Waals surface area contributed by atoms with E-state index in [4.69, 9.17) is 0 Å². The van der Waals surface area contributed by atoms with Crippen LogP contribution in [0.4, 0.5) is 10.1 Å². The van der Waals surface area contributed by atoms with E-state index in [0.29, 0.717) is 6.04 Å². The van der Waals surface area contributed by atoms with E-state index in [1.165, 1.54) is 12.8 Å². The van der Waals surface area contributed by atoms with Gasteiger partial charge in [-0.15, -0.1) is 0 Å². The second-order valence-corrected chi connectivity index (χ2v) is 5.47. The summed E-state index contributed by atoms with van der Waals surface area (Å²) < 4.78 is 13.8. The molecule has 1 aromatic rings. The topological polar surface area (TPSA) is 18.5 Å². The van der Waals surface area contributed by atoms with Crippen molar-refractivity contribution in [2.75, 3.05) is 44.2 Å². The van der Waals surface area contributed by atoms with Gasteiger partial charge in [-0.05, 0) is 31.5 Å². The third-order valence-electron chi connectivity index (χ3n) is 4.29. The molecule has 2 fully saturated rings. The molecule has 0 radical (unpaired) electrons. The maximum absolute atomic E-state index is 13.8. The predicted molar refractivity (Wildman–Crippen MR) is 76.1 cm³/mol. The van der Waals surface area contributed by atoms with Crippen LogP contribution in [0.25, 0.3) is 0 Å². The van der Waals surface area contributed by atoms with Crippen LogP contribution in [-0.4, -0.2) is 50.2 Å². The van der Waals surface area contributed by atoms with E-state index >= 15 is 0 Å². The fourth-order valence-electron chi connectivity index (χ4n) is 3.18. The molecule has 2 aliphatic heterocycles. The molecule has 1 atom stereocenters. The Hall–Kier alpha value is -1.13. The van der Waals surface area contributed by atoms with Crippen LogP contribution in [0.5, 0.6) is 0 Å². The van der Waals surface area contributed by atoms with Crippen LogP contribution < -0.4 is 10.2 Å². The maximum atomic E-state index is 13.8. The summed E-state index contributed by atoms with van der Waals surface area (Å²) in [5.74, 6) is -0.102. The van der Waals surface area contributed by atoms with Gasteiger partial charge in [0.05, 0.1) is 5.69 Å². The summed E-state index contributed by atoms with van der Waals surface area (Å²) in [5.41, 5.74) is 0.754. The van der Waals surface area contributed by atoms with Gasteiger partial charge in [0, 0.05) is 38.8 Å². The average molecular weight is 263 g/mol. The number of anilines is 1. The van der Waals surface area contributed by atoms with Gasteiger partial charge in [-0.1, -0.05) is 12.1 Å². The first kappa shape index (κ1) is 12.9. The zero-order chi connectivity index (χ0) is 13.1. The molecule has 4 heteroatoms. The van der Waals surface area contributed by atoms with Crippen molar-refractivity contribution in [2.45, 2.75) is 18.9 Å². The number of benzene rings is 1. The first-order chi connectivity index (χ1) is 9.34. The minimum atomic E-state index is -0.102. The Kier molecular flexibility index (Phi) is 3.99. The lowest BCUT2D eigenvalue weighted by atomic mass is 10.0. The normalized spacial score (nSPS) is 25.5. The molecule has 0 aromatic heterocycles. The van der Waals surface area contributed by atoms with E-state index in [2.05, 4.69) is 15.1 Å². The van der Waals surface area contributed by atoms with Gasteiger partial charge < -0.3 is 10.2 Å². The van der Waals surface area contributed by atoms with E-state index in [-0.39, 0.29) is 5.82 Å². The van der Waals surface area contributed by atoms with Crippen molar-refractivity contribution in [1.29, 1.82) is 0 Å². The molecule has 104 valence electrons. The molecule has 19 heavy (non-hydrogen) atoms. The first-order valence-electron chi connectivity index (χ1n) is 7.29. The third kappa shape index (κ3) is 2.90. The summed E-state index contributed by atoms with van der Waals surface area (Å²) in [7, 11) is 0. The zero-order valence-corrected chi connectivity index (χ0v) is 11.3. The predicted octanol–water partition coefficient (Wildman–Crippen LogP) is 1.70. The van der Waals surface area contributed by atoms with Crippen molar-refractivity contribution in [3.05, 3.63) is 30.1 Å². The lowest BCUT2D eigenvalue weighted by Gasteiger charge is -2.41. The highest BCUT2D eigenvalue weighted by atomic mass is 19.1. The smallest absolute Gasteiger partial charge is 0.146 e. The molecular weight excluding hydrogens is 241 g/mol. The van der Waals surface area contributed by atoms with E-state index in [1.54, 1.807) is 12.1 Å². The summed E-state index contributed by atoms with van der Waals surface area (Å²) in [6.45, 7) is 6.21. The van der Waals surface area contributed by atoms with Crippen LogP contribution in [0.3, 0.4) is 0 Å². The van der Waals surface area contributed by atoms with Crippen LogP contribution in [0.2, 0.25) is 0 Å². The van der Waals surface area contributed by atoms with Crippen molar-refractivity contribution >= 4 is 5.69 Å². The average Bonchev–Trinajstić information content (AvgIpc) is 2.49. The van der Waals surface area contributed by atoms with Gasteiger partial charge in [-0.3, -0.25) is 4.90 Å².